The van der Waals surface area contributed by atoms with Crippen LogP contribution in [0.2, 0.25) is 0 Å². The quantitative estimate of drug-likeness (QED) is 0.228. The minimum atomic E-state index is 0.368. The first-order valence-corrected chi connectivity index (χ1v) is 11.9. The van der Waals surface area contributed by atoms with E-state index in [1.807, 2.05) is 0 Å². The van der Waals surface area contributed by atoms with Crippen LogP contribution in [0.25, 0.3) is 0 Å². The Bertz CT molecular complexity index is 206. The first-order chi connectivity index (χ1) is 12.7. The van der Waals surface area contributed by atoms with Crippen LogP contribution in [0.5, 0.6) is 0 Å². The van der Waals surface area contributed by atoms with Gasteiger partial charge in [-0.3, -0.25) is 0 Å². The molecular weight excluding hydrogens is 320 g/mol. The lowest BCUT2D eigenvalue weighted by molar-refractivity contribution is 0.282. The number of hydrogen-bond acceptors (Lipinski definition) is 2. The summed E-state index contributed by atoms with van der Waals surface area (Å²) >= 11 is 0. The summed E-state index contributed by atoms with van der Waals surface area (Å²) in [5.74, 6) is 0.870. The molecule has 0 unspecified atom stereocenters. The molecule has 0 amide bonds. The van der Waals surface area contributed by atoms with Crippen LogP contribution in [-0.4, -0.2) is 23.4 Å². The van der Waals surface area contributed by atoms with Gasteiger partial charge in [-0.15, -0.1) is 0 Å². The van der Waals surface area contributed by atoms with Crippen molar-refractivity contribution in [1.29, 1.82) is 0 Å². The second kappa shape index (κ2) is 27.1. The van der Waals surface area contributed by atoms with E-state index in [0.29, 0.717) is 13.2 Å². The predicted molar refractivity (Wildman–Crippen MR) is 118 cm³/mol. The standard InChI is InChI=1S/2C12H26O/c1-12(2)10-8-6-4-3-5-7-9-11-13;1-2-3-4-5-6-7-8-9-10-11-12-13/h12-13H,3-11H2,1-2H3;13H,2-12H2,1H3. The zero-order valence-electron chi connectivity index (χ0n) is 18.6. The van der Waals surface area contributed by atoms with Gasteiger partial charge < -0.3 is 10.2 Å². The monoisotopic (exact) mass is 372 g/mol. The largest absolute Gasteiger partial charge is 0.396 e. The predicted octanol–water partition coefficient (Wildman–Crippen LogP) is 7.66. The number of aliphatic hydroxyl groups is 2. The fourth-order valence-electron chi connectivity index (χ4n) is 3.15. The molecule has 2 heteroatoms. The normalized spacial score (nSPS) is 10.8. The van der Waals surface area contributed by atoms with Gasteiger partial charge in [0.05, 0.1) is 0 Å². The van der Waals surface area contributed by atoms with Gasteiger partial charge in [0.25, 0.3) is 0 Å². The summed E-state index contributed by atoms with van der Waals surface area (Å²) in [6.45, 7) is 7.58. The Hall–Kier alpha value is -0.0800. The van der Waals surface area contributed by atoms with Crippen molar-refractivity contribution in [2.24, 2.45) is 5.92 Å². The summed E-state index contributed by atoms with van der Waals surface area (Å²) in [6.07, 6.45) is 23.7. The molecule has 0 rings (SSSR count). The molecule has 160 valence electrons. The highest BCUT2D eigenvalue weighted by Gasteiger charge is 1.94. The smallest absolute Gasteiger partial charge is 0.0431 e. The number of aliphatic hydroxyl groups excluding tert-OH is 2. The maximum atomic E-state index is 8.57. The van der Waals surface area contributed by atoms with E-state index in [9.17, 15) is 0 Å². The van der Waals surface area contributed by atoms with E-state index in [0.717, 1.165) is 18.8 Å². The van der Waals surface area contributed by atoms with Gasteiger partial charge in [-0.25, -0.2) is 0 Å². The molecule has 0 heterocycles. The fourth-order valence-corrected chi connectivity index (χ4v) is 3.15. The van der Waals surface area contributed by atoms with E-state index in [2.05, 4.69) is 20.8 Å². The maximum absolute atomic E-state index is 8.57. The second-order valence-electron chi connectivity index (χ2n) is 8.29. The molecule has 0 spiro atoms. The van der Waals surface area contributed by atoms with Gasteiger partial charge in [0.15, 0.2) is 0 Å². The summed E-state index contributed by atoms with van der Waals surface area (Å²) in [5.41, 5.74) is 0. The van der Waals surface area contributed by atoms with Crippen molar-refractivity contribution >= 4 is 0 Å². The van der Waals surface area contributed by atoms with Crippen LogP contribution in [-0.2, 0) is 0 Å². The van der Waals surface area contributed by atoms with Gasteiger partial charge in [0, 0.05) is 13.2 Å². The summed E-state index contributed by atoms with van der Waals surface area (Å²) in [5, 5.41) is 17.1. The molecule has 0 aromatic carbocycles. The zero-order valence-corrected chi connectivity index (χ0v) is 18.6. The molecule has 0 aliphatic rings. The number of unbranched alkanes of at least 4 members (excludes halogenated alkanes) is 15. The first-order valence-electron chi connectivity index (χ1n) is 11.9. The van der Waals surface area contributed by atoms with Crippen molar-refractivity contribution in [3.63, 3.8) is 0 Å². The van der Waals surface area contributed by atoms with E-state index in [1.54, 1.807) is 0 Å². The topological polar surface area (TPSA) is 40.5 Å². The summed E-state index contributed by atoms with van der Waals surface area (Å²) in [6, 6.07) is 0. The lowest BCUT2D eigenvalue weighted by Gasteiger charge is -2.03. The van der Waals surface area contributed by atoms with Crippen molar-refractivity contribution < 1.29 is 10.2 Å². The minimum Gasteiger partial charge on any atom is -0.396 e. The van der Waals surface area contributed by atoms with Crippen LogP contribution in [0.1, 0.15) is 136 Å². The molecular formula is C24H52O2. The molecule has 0 atom stereocenters. The molecule has 0 aromatic heterocycles. The molecule has 0 saturated carbocycles. The first kappa shape index (κ1) is 28.1. The molecule has 26 heavy (non-hydrogen) atoms. The zero-order chi connectivity index (χ0) is 19.7. The van der Waals surface area contributed by atoms with Crippen LogP contribution in [0.3, 0.4) is 0 Å². The van der Waals surface area contributed by atoms with Gasteiger partial charge in [-0.2, -0.15) is 0 Å². The summed E-state index contributed by atoms with van der Waals surface area (Å²) in [7, 11) is 0. The maximum Gasteiger partial charge on any atom is 0.0431 e. The van der Waals surface area contributed by atoms with Crippen molar-refractivity contribution in [2.75, 3.05) is 13.2 Å². The van der Waals surface area contributed by atoms with Gasteiger partial charge in [0.1, 0.15) is 0 Å². The van der Waals surface area contributed by atoms with Crippen LogP contribution in [0, 0.1) is 5.92 Å². The third-order valence-electron chi connectivity index (χ3n) is 4.95. The summed E-state index contributed by atoms with van der Waals surface area (Å²) in [4.78, 5) is 0. The SMILES string of the molecule is CC(C)CCCCCCCCCO.CCCCCCCCCCCCO. The highest BCUT2D eigenvalue weighted by molar-refractivity contribution is 4.49. The van der Waals surface area contributed by atoms with E-state index >= 15 is 0 Å². The highest BCUT2D eigenvalue weighted by atomic mass is 16.3. The fraction of sp³-hybridized carbons (Fsp3) is 1.00. The lowest BCUT2D eigenvalue weighted by Crippen LogP contribution is -1.87. The molecule has 0 saturated heterocycles. The second-order valence-corrected chi connectivity index (χ2v) is 8.29. The Morgan fingerprint density at radius 2 is 0.769 bits per heavy atom. The summed E-state index contributed by atoms with van der Waals surface area (Å²) < 4.78 is 0. The number of hydrogen-bond donors (Lipinski definition) is 2. The lowest BCUT2D eigenvalue weighted by atomic mass is 10.0. The van der Waals surface area contributed by atoms with Crippen molar-refractivity contribution in [1.82, 2.24) is 0 Å². The van der Waals surface area contributed by atoms with Gasteiger partial charge in [0.2, 0.25) is 0 Å². The molecule has 0 fully saturated rings. The minimum absolute atomic E-state index is 0.368. The van der Waals surface area contributed by atoms with Crippen LogP contribution < -0.4 is 0 Å². The van der Waals surface area contributed by atoms with E-state index in [1.165, 1.54) is 103 Å². The molecule has 2 N–H and O–H groups in total. The molecule has 0 aromatic rings. The Balaban J connectivity index is 0. The van der Waals surface area contributed by atoms with Gasteiger partial charge in [-0.1, -0.05) is 124 Å². The number of rotatable bonds is 19. The van der Waals surface area contributed by atoms with Gasteiger partial charge >= 0.3 is 0 Å². The van der Waals surface area contributed by atoms with E-state index in [-0.39, 0.29) is 0 Å². The van der Waals surface area contributed by atoms with Crippen molar-refractivity contribution in [2.45, 2.75) is 136 Å². The van der Waals surface area contributed by atoms with Crippen LogP contribution in [0.15, 0.2) is 0 Å². The molecule has 0 radical (unpaired) electrons. The van der Waals surface area contributed by atoms with Crippen LogP contribution in [0.4, 0.5) is 0 Å². The highest BCUT2D eigenvalue weighted by Crippen LogP contribution is 2.12. The van der Waals surface area contributed by atoms with Crippen LogP contribution >= 0.6 is 0 Å². The average molecular weight is 373 g/mol. The Labute approximate surface area is 166 Å². The van der Waals surface area contributed by atoms with Gasteiger partial charge in [-0.05, 0) is 18.8 Å². The van der Waals surface area contributed by atoms with Crippen molar-refractivity contribution in [3.05, 3.63) is 0 Å². The van der Waals surface area contributed by atoms with Crippen molar-refractivity contribution in [3.8, 4) is 0 Å². The average Bonchev–Trinajstić information content (AvgIpc) is 2.63. The molecule has 2 nitrogen and oxygen atoms in total. The molecule has 0 aliphatic carbocycles. The third kappa shape index (κ3) is 31.7. The third-order valence-corrected chi connectivity index (χ3v) is 4.95. The molecule has 0 aliphatic heterocycles. The Morgan fingerprint density at radius 1 is 0.462 bits per heavy atom. The Kier molecular flexibility index (Phi) is 29.4. The Morgan fingerprint density at radius 3 is 1.08 bits per heavy atom. The van der Waals surface area contributed by atoms with E-state index < -0.39 is 0 Å². The van der Waals surface area contributed by atoms with E-state index in [4.69, 9.17) is 10.2 Å². The molecule has 0 bridgehead atoms.